The first-order valence-corrected chi connectivity index (χ1v) is 7.50. The van der Waals surface area contributed by atoms with Gasteiger partial charge in [0.1, 0.15) is 0 Å². The molecule has 0 aliphatic carbocycles. The fraction of sp³-hybridized carbons (Fsp3) is 0.333. The minimum absolute atomic E-state index is 0.124. The van der Waals surface area contributed by atoms with Crippen LogP contribution in [0.3, 0.4) is 0 Å². The second-order valence-corrected chi connectivity index (χ2v) is 5.99. The van der Waals surface area contributed by atoms with E-state index in [-0.39, 0.29) is 11.3 Å². The van der Waals surface area contributed by atoms with Gasteiger partial charge in [-0.25, -0.2) is 8.42 Å². The molecule has 1 aromatic carbocycles. The Morgan fingerprint density at radius 3 is 2.55 bits per heavy atom. The van der Waals surface area contributed by atoms with Gasteiger partial charge >= 0.3 is 0 Å². The van der Waals surface area contributed by atoms with E-state index in [1.165, 1.54) is 28.6 Å². The molecule has 0 unspecified atom stereocenters. The first-order valence-electron chi connectivity index (χ1n) is 6.00. The maximum Gasteiger partial charge on any atom is 0.276 e. The van der Waals surface area contributed by atoms with E-state index in [9.17, 15) is 18.5 Å². The van der Waals surface area contributed by atoms with Crippen molar-refractivity contribution in [2.45, 2.75) is 0 Å². The first kappa shape index (κ1) is 14.6. The Hall–Kier alpha value is -1.77. The highest BCUT2D eigenvalue weighted by Gasteiger charge is 2.22. The van der Waals surface area contributed by atoms with Crippen LogP contribution >= 0.6 is 0 Å². The minimum atomic E-state index is -3.57. The van der Waals surface area contributed by atoms with Crippen molar-refractivity contribution in [2.24, 2.45) is 0 Å². The number of benzene rings is 1. The van der Waals surface area contributed by atoms with Crippen molar-refractivity contribution in [3.8, 4) is 0 Å². The van der Waals surface area contributed by atoms with Gasteiger partial charge in [-0.05, 0) is 12.1 Å². The molecular weight excluding hydrogens is 284 g/mol. The van der Waals surface area contributed by atoms with Gasteiger partial charge in [-0.15, -0.1) is 0 Å². The van der Waals surface area contributed by atoms with E-state index in [0.29, 0.717) is 26.3 Å². The van der Waals surface area contributed by atoms with E-state index < -0.39 is 14.9 Å². The zero-order chi connectivity index (χ0) is 14.6. The number of hydrogen-bond acceptors (Lipinski definition) is 5. The van der Waals surface area contributed by atoms with Crippen LogP contribution in [0, 0.1) is 10.1 Å². The zero-order valence-electron chi connectivity index (χ0n) is 10.6. The molecule has 20 heavy (non-hydrogen) atoms. The summed E-state index contributed by atoms with van der Waals surface area (Å²) in [6.07, 6.45) is 1.25. The number of nitro groups is 1. The third-order valence-electron chi connectivity index (χ3n) is 2.88. The molecule has 1 heterocycles. The molecule has 0 radical (unpaired) electrons. The molecule has 1 aliphatic heterocycles. The molecule has 0 saturated carbocycles. The minimum Gasteiger partial charge on any atom is -0.379 e. The molecular formula is C12H14N2O5S. The zero-order valence-corrected chi connectivity index (χ0v) is 11.5. The summed E-state index contributed by atoms with van der Waals surface area (Å²) in [6, 6.07) is 5.99. The van der Waals surface area contributed by atoms with Crippen LogP contribution in [0.5, 0.6) is 0 Å². The van der Waals surface area contributed by atoms with Gasteiger partial charge in [0.25, 0.3) is 5.69 Å². The Balaban J connectivity index is 2.22. The summed E-state index contributed by atoms with van der Waals surface area (Å²) in [6.45, 7) is 1.31. The number of nitrogens with zero attached hydrogens (tertiary/aromatic N) is 2. The second kappa shape index (κ2) is 6.12. The summed E-state index contributed by atoms with van der Waals surface area (Å²) in [7, 11) is -3.57. The van der Waals surface area contributed by atoms with Gasteiger partial charge in [0.15, 0.2) is 0 Å². The smallest absolute Gasteiger partial charge is 0.276 e. The van der Waals surface area contributed by atoms with E-state index in [1.807, 2.05) is 0 Å². The summed E-state index contributed by atoms with van der Waals surface area (Å²) in [4.78, 5) is 10.3. The molecule has 1 aliphatic rings. The lowest BCUT2D eigenvalue weighted by atomic mass is 10.2. The van der Waals surface area contributed by atoms with E-state index in [4.69, 9.17) is 4.74 Å². The van der Waals surface area contributed by atoms with Crippen molar-refractivity contribution in [3.63, 3.8) is 0 Å². The number of rotatable bonds is 4. The van der Waals surface area contributed by atoms with Crippen LogP contribution in [0.25, 0.3) is 6.08 Å². The molecule has 1 fully saturated rings. The highest BCUT2D eigenvalue weighted by molar-refractivity contribution is 7.92. The Kier molecular flexibility index (Phi) is 4.48. The van der Waals surface area contributed by atoms with Crippen LogP contribution < -0.4 is 0 Å². The summed E-state index contributed by atoms with van der Waals surface area (Å²) in [5.41, 5.74) is 0.135. The van der Waals surface area contributed by atoms with Gasteiger partial charge in [0.2, 0.25) is 10.0 Å². The molecule has 7 nitrogen and oxygen atoms in total. The van der Waals surface area contributed by atoms with Gasteiger partial charge in [-0.2, -0.15) is 4.31 Å². The predicted molar refractivity (Wildman–Crippen MR) is 73.4 cm³/mol. The topological polar surface area (TPSA) is 89.8 Å². The Morgan fingerprint density at radius 1 is 1.25 bits per heavy atom. The fourth-order valence-corrected chi connectivity index (χ4v) is 2.99. The predicted octanol–water partition coefficient (Wildman–Crippen LogP) is 1.23. The Morgan fingerprint density at radius 2 is 1.90 bits per heavy atom. The highest BCUT2D eigenvalue weighted by Crippen LogP contribution is 2.20. The van der Waals surface area contributed by atoms with Crippen molar-refractivity contribution in [1.82, 2.24) is 4.31 Å². The largest absolute Gasteiger partial charge is 0.379 e. The van der Waals surface area contributed by atoms with Crippen LogP contribution in [0.1, 0.15) is 5.56 Å². The molecule has 0 amide bonds. The maximum absolute atomic E-state index is 12.1. The number of para-hydroxylation sites is 1. The molecule has 0 aromatic heterocycles. The van der Waals surface area contributed by atoms with Gasteiger partial charge in [-0.3, -0.25) is 10.1 Å². The summed E-state index contributed by atoms with van der Waals surface area (Å²) in [5.74, 6) is 0. The molecule has 0 spiro atoms. The molecule has 1 saturated heterocycles. The van der Waals surface area contributed by atoms with Crippen molar-refractivity contribution in [3.05, 3.63) is 45.4 Å². The number of nitro benzene ring substituents is 1. The van der Waals surface area contributed by atoms with Crippen LogP contribution in [0.2, 0.25) is 0 Å². The van der Waals surface area contributed by atoms with E-state index in [0.717, 1.165) is 5.41 Å². The highest BCUT2D eigenvalue weighted by atomic mass is 32.2. The van der Waals surface area contributed by atoms with Gasteiger partial charge < -0.3 is 4.74 Å². The third kappa shape index (κ3) is 3.41. The molecule has 0 atom stereocenters. The van der Waals surface area contributed by atoms with Crippen molar-refractivity contribution in [1.29, 1.82) is 0 Å². The summed E-state index contributed by atoms with van der Waals surface area (Å²) in [5, 5.41) is 11.8. The number of hydrogen-bond donors (Lipinski definition) is 0. The van der Waals surface area contributed by atoms with Gasteiger partial charge in [0.05, 0.1) is 23.7 Å². The van der Waals surface area contributed by atoms with Crippen LogP contribution in [0.15, 0.2) is 29.7 Å². The second-order valence-electron chi connectivity index (χ2n) is 4.18. The normalized spacial score (nSPS) is 17.4. The van der Waals surface area contributed by atoms with Crippen LogP contribution in [-0.2, 0) is 14.8 Å². The van der Waals surface area contributed by atoms with Crippen molar-refractivity contribution >= 4 is 21.8 Å². The molecule has 108 valence electrons. The van der Waals surface area contributed by atoms with E-state index in [1.54, 1.807) is 6.07 Å². The monoisotopic (exact) mass is 298 g/mol. The molecule has 8 heteroatoms. The van der Waals surface area contributed by atoms with Crippen LogP contribution in [-0.4, -0.2) is 43.9 Å². The van der Waals surface area contributed by atoms with Crippen molar-refractivity contribution < 1.29 is 18.1 Å². The molecule has 2 rings (SSSR count). The summed E-state index contributed by atoms with van der Waals surface area (Å²) < 4.78 is 30.5. The molecule has 1 aromatic rings. The summed E-state index contributed by atoms with van der Waals surface area (Å²) >= 11 is 0. The van der Waals surface area contributed by atoms with Crippen molar-refractivity contribution in [2.75, 3.05) is 26.3 Å². The standard InChI is InChI=1S/C12H14N2O5S/c15-14(16)12-4-2-1-3-11(12)5-10-20(17,18)13-6-8-19-9-7-13/h1-5,10H,6-9H2. The lowest BCUT2D eigenvalue weighted by Gasteiger charge is -2.24. The maximum atomic E-state index is 12.1. The van der Waals surface area contributed by atoms with E-state index >= 15 is 0 Å². The lowest BCUT2D eigenvalue weighted by molar-refractivity contribution is -0.385. The Labute approximate surface area is 116 Å². The lowest BCUT2D eigenvalue weighted by Crippen LogP contribution is -2.39. The van der Waals surface area contributed by atoms with Gasteiger partial charge in [-0.1, -0.05) is 12.1 Å². The van der Waals surface area contributed by atoms with E-state index in [2.05, 4.69) is 0 Å². The molecule has 0 bridgehead atoms. The number of ether oxygens (including phenoxy) is 1. The fourth-order valence-electron chi connectivity index (χ4n) is 1.84. The number of morpholine rings is 1. The average Bonchev–Trinajstić information content (AvgIpc) is 2.46. The first-order chi connectivity index (χ1) is 9.50. The average molecular weight is 298 g/mol. The quantitative estimate of drug-likeness (QED) is 0.616. The van der Waals surface area contributed by atoms with Crippen LogP contribution in [0.4, 0.5) is 5.69 Å². The third-order valence-corrected chi connectivity index (χ3v) is 4.45. The SMILES string of the molecule is O=[N+]([O-])c1ccccc1C=CS(=O)(=O)N1CCOCC1. The Bertz CT molecular complexity index is 620. The molecule has 0 N–H and O–H groups in total. The van der Waals surface area contributed by atoms with Gasteiger partial charge in [0, 0.05) is 24.6 Å². The number of sulfonamides is 1.